The average Bonchev–Trinajstić information content (AvgIpc) is 2.60. The molecule has 2 heterocycles. The maximum atomic E-state index is 13.2. The molecule has 1 aromatic heterocycles. The van der Waals surface area contributed by atoms with E-state index in [4.69, 9.17) is 5.73 Å². The van der Waals surface area contributed by atoms with Crippen LogP contribution in [0.1, 0.15) is 6.42 Å². The highest BCUT2D eigenvalue weighted by molar-refractivity contribution is 7.91. The molecular weight excluding hydrogens is 247 g/mol. The molecule has 1 unspecified atom stereocenters. The highest BCUT2D eigenvalue weighted by atomic mass is 32.2. The summed E-state index contributed by atoms with van der Waals surface area (Å²) in [6.07, 6.45) is 1.58. The molecule has 1 saturated heterocycles. The molecule has 3 N–H and O–H groups in total. The van der Waals surface area contributed by atoms with E-state index in [0.29, 0.717) is 13.0 Å². The van der Waals surface area contributed by atoms with Gasteiger partial charge in [-0.2, -0.15) is 4.98 Å². The zero-order valence-electron chi connectivity index (χ0n) is 9.06. The molecule has 0 radical (unpaired) electrons. The van der Waals surface area contributed by atoms with Crippen LogP contribution in [0, 0.1) is 11.7 Å². The highest BCUT2D eigenvalue weighted by Gasteiger charge is 2.27. The van der Waals surface area contributed by atoms with Gasteiger partial charge in [0.2, 0.25) is 5.95 Å². The third kappa shape index (κ3) is 3.02. The van der Waals surface area contributed by atoms with E-state index in [2.05, 4.69) is 15.3 Å². The third-order valence-corrected chi connectivity index (χ3v) is 4.48. The number of sulfone groups is 1. The number of nitrogens with one attached hydrogen (secondary N) is 1. The van der Waals surface area contributed by atoms with Crippen molar-refractivity contribution < 1.29 is 12.8 Å². The fourth-order valence-electron chi connectivity index (χ4n) is 1.78. The number of anilines is 2. The predicted octanol–water partition coefficient (Wildman–Crippen LogP) is 0.0445. The molecule has 0 aliphatic carbocycles. The molecule has 1 aliphatic rings. The lowest BCUT2D eigenvalue weighted by atomic mass is 10.1. The number of nitrogens with zero attached hydrogens (tertiary/aromatic N) is 2. The van der Waals surface area contributed by atoms with Gasteiger partial charge in [0.15, 0.2) is 21.5 Å². The van der Waals surface area contributed by atoms with Gasteiger partial charge in [0.25, 0.3) is 0 Å². The van der Waals surface area contributed by atoms with Gasteiger partial charge < -0.3 is 11.1 Å². The number of hydrogen-bond acceptors (Lipinski definition) is 6. The van der Waals surface area contributed by atoms with Gasteiger partial charge in [0, 0.05) is 6.54 Å². The Morgan fingerprint density at radius 3 is 3.00 bits per heavy atom. The molecular formula is C9H13FN4O2S. The third-order valence-electron chi connectivity index (χ3n) is 2.65. The van der Waals surface area contributed by atoms with Crippen molar-refractivity contribution in [1.82, 2.24) is 9.97 Å². The van der Waals surface area contributed by atoms with Gasteiger partial charge in [-0.25, -0.2) is 17.8 Å². The van der Waals surface area contributed by atoms with Gasteiger partial charge in [-0.3, -0.25) is 0 Å². The Morgan fingerprint density at radius 2 is 2.35 bits per heavy atom. The standard InChI is InChI=1S/C9H13FN4O2S/c10-7-4-13-9(11)14-8(7)12-3-6-1-2-17(15,16)5-6/h4,6H,1-3,5H2,(H3,11,12,13,14). The second kappa shape index (κ2) is 4.44. The van der Waals surface area contributed by atoms with Crippen LogP contribution < -0.4 is 11.1 Å². The van der Waals surface area contributed by atoms with Gasteiger partial charge in [0.05, 0.1) is 17.7 Å². The van der Waals surface area contributed by atoms with Gasteiger partial charge in [-0.15, -0.1) is 0 Å². The van der Waals surface area contributed by atoms with Crippen molar-refractivity contribution in [2.45, 2.75) is 6.42 Å². The van der Waals surface area contributed by atoms with Crippen LogP contribution >= 0.6 is 0 Å². The molecule has 8 heteroatoms. The first-order valence-electron chi connectivity index (χ1n) is 5.18. The SMILES string of the molecule is Nc1ncc(F)c(NCC2CCS(=O)(=O)C2)n1. The topological polar surface area (TPSA) is 98.0 Å². The van der Waals surface area contributed by atoms with E-state index >= 15 is 0 Å². The van der Waals surface area contributed by atoms with E-state index < -0.39 is 15.7 Å². The zero-order valence-corrected chi connectivity index (χ0v) is 9.87. The van der Waals surface area contributed by atoms with Gasteiger partial charge >= 0.3 is 0 Å². The Hall–Kier alpha value is -1.44. The van der Waals surface area contributed by atoms with Crippen molar-refractivity contribution in [1.29, 1.82) is 0 Å². The van der Waals surface area contributed by atoms with Crippen LogP contribution in [-0.4, -0.2) is 36.4 Å². The van der Waals surface area contributed by atoms with E-state index in [1.165, 1.54) is 0 Å². The summed E-state index contributed by atoms with van der Waals surface area (Å²) in [6, 6.07) is 0. The van der Waals surface area contributed by atoms with Crippen molar-refractivity contribution in [2.24, 2.45) is 5.92 Å². The Morgan fingerprint density at radius 1 is 1.59 bits per heavy atom. The van der Waals surface area contributed by atoms with Gasteiger partial charge in [-0.1, -0.05) is 0 Å². The van der Waals surface area contributed by atoms with Crippen molar-refractivity contribution >= 4 is 21.6 Å². The summed E-state index contributed by atoms with van der Waals surface area (Å²) in [7, 11) is -2.91. The van der Waals surface area contributed by atoms with E-state index in [1.54, 1.807) is 0 Å². The van der Waals surface area contributed by atoms with E-state index in [1.807, 2.05) is 0 Å². The monoisotopic (exact) mass is 260 g/mol. The summed E-state index contributed by atoms with van der Waals surface area (Å²) >= 11 is 0. The molecule has 2 rings (SSSR count). The second-order valence-electron chi connectivity index (χ2n) is 4.07. The number of aromatic nitrogens is 2. The molecule has 94 valence electrons. The smallest absolute Gasteiger partial charge is 0.222 e. The number of hydrogen-bond donors (Lipinski definition) is 2. The average molecular weight is 260 g/mol. The number of rotatable bonds is 3. The van der Waals surface area contributed by atoms with Crippen molar-refractivity contribution in [3.05, 3.63) is 12.0 Å². The fourth-order valence-corrected chi connectivity index (χ4v) is 3.64. The summed E-state index contributed by atoms with van der Waals surface area (Å²) in [5.41, 5.74) is 5.33. The van der Waals surface area contributed by atoms with E-state index in [0.717, 1.165) is 6.20 Å². The molecule has 6 nitrogen and oxygen atoms in total. The minimum atomic E-state index is -2.91. The lowest BCUT2D eigenvalue weighted by Crippen LogP contribution is -2.17. The maximum Gasteiger partial charge on any atom is 0.222 e. The molecule has 1 aromatic rings. The lowest BCUT2D eigenvalue weighted by molar-refractivity contribution is 0.591. The summed E-state index contributed by atoms with van der Waals surface area (Å²) in [5, 5.41) is 2.76. The lowest BCUT2D eigenvalue weighted by Gasteiger charge is -2.10. The molecule has 0 bridgehead atoms. The van der Waals surface area contributed by atoms with Crippen molar-refractivity contribution in [3.8, 4) is 0 Å². The minimum Gasteiger partial charge on any atom is -0.368 e. The van der Waals surface area contributed by atoms with Crippen LogP contribution in [0.5, 0.6) is 0 Å². The Balaban J connectivity index is 1.97. The first kappa shape index (κ1) is 12.0. The summed E-state index contributed by atoms with van der Waals surface area (Å²) < 4.78 is 35.7. The summed E-state index contributed by atoms with van der Waals surface area (Å²) in [6.45, 7) is 0.368. The normalized spacial score (nSPS) is 22.5. The maximum absolute atomic E-state index is 13.2. The van der Waals surface area contributed by atoms with Crippen molar-refractivity contribution in [2.75, 3.05) is 29.1 Å². The largest absolute Gasteiger partial charge is 0.368 e. The quantitative estimate of drug-likeness (QED) is 0.796. The van der Waals surface area contributed by atoms with Crippen LogP contribution in [0.3, 0.4) is 0 Å². The summed E-state index contributed by atoms with van der Waals surface area (Å²) in [4.78, 5) is 7.20. The Kier molecular flexibility index (Phi) is 3.14. The number of nitrogens with two attached hydrogens (primary N) is 1. The van der Waals surface area contributed by atoms with E-state index in [-0.39, 0.29) is 29.2 Å². The summed E-state index contributed by atoms with van der Waals surface area (Å²) in [5.74, 6) is -0.263. The molecule has 0 spiro atoms. The second-order valence-corrected chi connectivity index (χ2v) is 6.30. The van der Waals surface area contributed by atoms with Crippen LogP contribution in [-0.2, 0) is 9.84 Å². The van der Waals surface area contributed by atoms with Gasteiger partial charge in [-0.05, 0) is 12.3 Å². The first-order valence-corrected chi connectivity index (χ1v) is 7.01. The zero-order chi connectivity index (χ0) is 12.5. The molecule has 1 aliphatic heterocycles. The molecule has 1 fully saturated rings. The first-order chi connectivity index (χ1) is 7.96. The van der Waals surface area contributed by atoms with Crippen LogP contribution in [0.2, 0.25) is 0 Å². The number of nitrogen functional groups attached to an aromatic ring is 1. The molecule has 0 aromatic carbocycles. The Bertz CT molecular complexity index is 520. The van der Waals surface area contributed by atoms with Crippen LogP contribution in [0.4, 0.5) is 16.2 Å². The predicted molar refractivity (Wildman–Crippen MR) is 61.7 cm³/mol. The van der Waals surface area contributed by atoms with Crippen LogP contribution in [0.15, 0.2) is 6.20 Å². The Labute approximate surface area is 98.4 Å². The van der Waals surface area contributed by atoms with Crippen LogP contribution in [0.25, 0.3) is 0 Å². The molecule has 0 amide bonds. The van der Waals surface area contributed by atoms with E-state index in [9.17, 15) is 12.8 Å². The molecule has 1 atom stereocenters. The number of halogens is 1. The van der Waals surface area contributed by atoms with Gasteiger partial charge in [0.1, 0.15) is 0 Å². The highest BCUT2D eigenvalue weighted by Crippen LogP contribution is 2.19. The minimum absolute atomic E-state index is 0.00408. The van der Waals surface area contributed by atoms with Crippen molar-refractivity contribution in [3.63, 3.8) is 0 Å². The fraction of sp³-hybridized carbons (Fsp3) is 0.556. The molecule has 17 heavy (non-hydrogen) atoms. The molecule has 0 saturated carbocycles.